The minimum atomic E-state index is 0.0113. The van der Waals surface area contributed by atoms with Crippen LogP contribution in [0.2, 0.25) is 0 Å². The Bertz CT molecular complexity index is 352. The first-order chi connectivity index (χ1) is 9.29. The average Bonchev–Trinajstić information content (AvgIpc) is 2.47. The number of morpholine rings is 1. The van der Waals surface area contributed by atoms with Gasteiger partial charge >= 0.3 is 0 Å². The van der Waals surface area contributed by atoms with Crippen molar-refractivity contribution in [3.05, 3.63) is 35.9 Å². The molecule has 4 heteroatoms. The molecule has 0 aliphatic carbocycles. The van der Waals surface area contributed by atoms with E-state index in [1.165, 1.54) is 0 Å². The van der Waals surface area contributed by atoms with Gasteiger partial charge < -0.3 is 15.2 Å². The third-order valence-electron chi connectivity index (χ3n) is 3.51. The molecule has 0 amide bonds. The van der Waals surface area contributed by atoms with Crippen molar-refractivity contribution in [2.75, 3.05) is 39.5 Å². The standard InChI is InChI=1S/C15H24N2O2/c1-13(11-17-7-9-19-10-8-17)16-15(12-18)14-5-3-2-4-6-14/h2-6,13,15-16,18H,7-12H2,1H3/t13-,15+/m1/s1. The highest BCUT2D eigenvalue weighted by Gasteiger charge is 2.17. The van der Waals surface area contributed by atoms with Crippen molar-refractivity contribution in [3.8, 4) is 0 Å². The number of hydrogen-bond acceptors (Lipinski definition) is 4. The van der Waals surface area contributed by atoms with Gasteiger partial charge in [0.25, 0.3) is 0 Å². The predicted molar refractivity (Wildman–Crippen MR) is 76.1 cm³/mol. The highest BCUT2D eigenvalue weighted by Crippen LogP contribution is 2.12. The van der Waals surface area contributed by atoms with Crippen LogP contribution in [-0.2, 0) is 4.74 Å². The molecule has 0 spiro atoms. The summed E-state index contributed by atoms with van der Waals surface area (Å²) < 4.78 is 5.35. The molecule has 1 aliphatic rings. The van der Waals surface area contributed by atoms with Crippen molar-refractivity contribution in [3.63, 3.8) is 0 Å². The van der Waals surface area contributed by atoms with Crippen LogP contribution in [0.25, 0.3) is 0 Å². The number of nitrogens with one attached hydrogen (secondary N) is 1. The summed E-state index contributed by atoms with van der Waals surface area (Å²) in [6.45, 7) is 6.94. The molecule has 0 bridgehead atoms. The van der Waals surface area contributed by atoms with Gasteiger partial charge in [-0.15, -0.1) is 0 Å². The fourth-order valence-corrected chi connectivity index (χ4v) is 2.51. The van der Waals surface area contributed by atoms with E-state index in [2.05, 4.69) is 29.3 Å². The summed E-state index contributed by atoms with van der Waals surface area (Å²) in [6.07, 6.45) is 0. The quantitative estimate of drug-likeness (QED) is 0.805. The first-order valence-corrected chi connectivity index (χ1v) is 7.01. The molecule has 2 N–H and O–H groups in total. The van der Waals surface area contributed by atoms with Crippen LogP contribution in [0.1, 0.15) is 18.5 Å². The van der Waals surface area contributed by atoms with Crippen molar-refractivity contribution >= 4 is 0 Å². The minimum absolute atomic E-state index is 0.0113. The number of hydrogen-bond donors (Lipinski definition) is 2. The summed E-state index contributed by atoms with van der Waals surface area (Å²) in [4.78, 5) is 2.40. The zero-order chi connectivity index (χ0) is 13.5. The van der Waals surface area contributed by atoms with Crippen LogP contribution in [0.4, 0.5) is 0 Å². The monoisotopic (exact) mass is 264 g/mol. The van der Waals surface area contributed by atoms with Crippen molar-refractivity contribution in [2.45, 2.75) is 19.0 Å². The summed E-state index contributed by atoms with van der Waals surface area (Å²) >= 11 is 0. The summed E-state index contributed by atoms with van der Waals surface area (Å²) in [5.74, 6) is 0. The van der Waals surface area contributed by atoms with E-state index in [0.29, 0.717) is 6.04 Å². The molecule has 0 aromatic heterocycles. The zero-order valence-corrected chi connectivity index (χ0v) is 11.6. The Morgan fingerprint density at radius 3 is 2.58 bits per heavy atom. The van der Waals surface area contributed by atoms with Crippen LogP contribution in [0.3, 0.4) is 0 Å². The van der Waals surface area contributed by atoms with Gasteiger partial charge in [-0.05, 0) is 12.5 Å². The van der Waals surface area contributed by atoms with Gasteiger partial charge in [-0.25, -0.2) is 0 Å². The molecule has 1 fully saturated rings. The fourth-order valence-electron chi connectivity index (χ4n) is 2.51. The van der Waals surface area contributed by atoms with E-state index in [4.69, 9.17) is 4.74 Å². The fraction of sp³-hybridized carbons (Fsp3) is 0.600. The molecule has 0 unspecified atom stereocenters. The van der Waals surface area contributed by atoms with Crippen molar-refractivity contribution in [1.82, 2.24) is 10.2 Å². The maximum absolute atomic E-state index is 9.54. The molecule has 1 aromatic rings. The molecule has 1 heterocycles. The van der Waals surface area contributed by atoms with Gasteiger partial charge in [0.2, 0.25) is 0 Å². The molecule has 19 heavy (non-hydrogen) atoms. The SMILES string of the molecule is C[C@H](CN1CCOCC1)N[C@@H](CO)c1ccccc1. The first-order valence-electron chi connectivity index (χ1n) is 7.01. The Labute approximate surface area is 115 Å². The summed E-state index contributed by atoms with van der Waals surface area (Å²) in [5.41, 5.74) is 1.14. The topological polar surface area (TPSA) is 44.7 Å². The van der Waals surface area contributed by atoms with Crippen LogP contribution in [-0.4, -0.2) is 55.5 Å². The van der Waals surface area contributed by atoms with Crippen molar-refractivity contribution < 1.29 is 9.84 Å². The Morgan fingerprint density at radius 1 is 1.26 bits per heavy atom. The van der Waals surface area contributed by atoms with E-state index >= 15 is 0 Å². The van der Waals surface area contributed by atoms with E-state index in [9.17, 15) is 5.11 Å². The highest BCUT2D eigenvalue weighted by molar-refractivity contribution is 5.19. The highest BCUT2D eigenvalue weighted by atomic mass is 16.5. The largest absolute Gasteiger partial charge is 0.394 e. The smallest absolute Gasteiger partial charge is 0.0626 e. The Balaban J connectivity index is 1.84. The number of nitrogens with zero attached hydrogens (tertiary/aromatic N) is 1. The molecule has 2 atom stereocenters. The van der Waals surface area contributed by atoms with Gasteiger partial charge in [-0.1, -0.05) is 30.3 Å². The number of benzene rings is 1. The Morgan fingerprint density at radius 2 is 1.95 bits per heavy atom. The summed E-state index contributed by atoms with van der Waals surface area (Å²) in [5, 5.41) is 13.0. The maximum Gasteiger partial charge on any atom is 0.0626 e. The predicted octanol–water partition coefficient (Wildman–Crippen LogP) is 1.03. The van der Waals surface area contributed by atoms with Gasteiger partial charge in [-0.3, -0.25) is 4.90 Å². The van der Waals surface area contributed by atoms with Gasteiger partial charge in [0, 0.05) is 25.7 Å². The Kier molecular flexibility index (Phi) is 5.79. The number of aliphatic hydroxyl groups excluding tert-OH is 1. The van der Waals surface area contributed by atoms with E-state index in [0.717, 1.165) is 38.4 Å². The second-order valence-electron chi connectivity index (χ2n) is 5.13. The number of aliphatic hydroxyl groups is 1. The summed E-state index contributed by atoms with van der Waals surface area (Å²) in [7, 11) is 0. The minimum Gasteiger partial charge on any atom is -0.394 e. The van der Waals surface area contributed by atoms with Crippen LogP contribution < -0.4 is 5.32 Å². The lowest BCUT2D eigenvalue weighted by Gasteiger charge is -2.31. The van der Waals surface area contributed by atoms with Crippen molar-refractivity contribution in [2.24, 2.45) is 0 Å². The normalized spacial score (nSPS) is 20.1. The molecular weight excluding hydrogens is 240 g/mol. The van der Waals surface area contributed by atoms with Crippen LogP contribution in [0.15, 0.2) is 30.3 Å². The molecule has 1 saturated heterocycles. The Hall–Kier alpha value is -0.940. The van der Waals surface area contributed by atoms with Gasteiger partial charge in [0.05, 0.1) is 25.9 Å². The molecule has 1 aromatic carbocycles. The maximum atomic E-state index is 9.54. The van der Waals surface area contributed by atoms with E-state index in [-0.39, 0.29) is 12.6 Å². The lowest BCUT2D eigenvalue weighted by atomic mass is 10.1. The second-order valence-corrected chi connectivity index (χ2v) is 5.13. The van der Waals surface area contributed by atoms with Gasteiger partial charge in [0.1, 0.15) is 0 Å². The zero-order valence-electron chi connectivity index (χ0n) is 11.6. The number of rotatable bonds is 6. The molecule has 106 valence electrons. The van der Waals surface area contributed by atoms with Gasteiger partial charge in [0.15, 0.2) is 0 Å². The third kappa shape index (κ3) is 4.58. The lowest BCUT2D eigenvalue weighted by Crippen LogP contribution is -2.45. The first kappa shape index (κ1) is 14.5. The second kappa shape index (κ2) is 7.60. The molecule has 0 saturated carbocycles. The molecule has 2 rings (SSSR count). The average molecular weight is 264 g/mol. The van der Waals surface area contributed by atoms with Crippen LogP contribution in [0, 0.1) is 0 Å². The van der Waals surface area contributed by atoms with E-state index in [1.807, 2.05) is 18.2 Å². The number of ether oxygens (including phenoxy) is 1. The van der Waals surface area contributed by atoms with E-state index in [1.54, 1.807) is 0 Å². The third-order valence-corrected chi connectivity index (χ3v) is 3.51. The molecular formula is C15H24N2O2. The molecule has 0 radical (unpaired) electrons. The summed E-state index contributed by atoms with van der Waals surface area (Å²) in [6, 6.07) is 10.5. The molecule has 4 nitrogen and oxygen atoms in total. The van der Waals surface area contributed by atoms with Crippen LogP contribution >= 0.6 is 0 Å². The van der Waals surface area contributed by atoms with Crippen molar-refractivity contribution in [1.29, 1.82) is 0 Å². The van der Waals surface area contributed by atoms with Gasteiger partial charge in [-0.2, -0.15) is 0 Å². The molecule has 1 aliphatic heterocycles. The van der Waals surface area contributed by atoms with Crippen LogP contribution in [0.5, 0.6) is 0 Å². The lowest BCUT2D eigenvalue weighted by molar-refractivity contribution is 0.0333. The van der Waals surface area contributed by atoms with E-state index < -0.39 is 0 Å².